The number of carboxylic acids is 1. The Morgan fingerprint density at radius 2 is 1.89 bits per heavy atom. The molecule has 0 bridgehead atoms. The van der Waals surface area contributed by atoms with Crippen LogP contribution in [0.4, 0.5) is 0 Å². The molecule has 1 unspecified atom stereocenters. The second kappa shape index (κ2) is 6.65. The molecule has 3 N–H and O–H groups in total. The average Bonchev–Trinajstić information content (AvgIpc) is 2.36. The Labute approximate surface area is 112 Å². The van der Waals surface area contributed by atoms with Gasteiger partial charge in [-0.1, -0.05) is 37.3 Å². The zero-order valence-electron chi connectivity index (χ0n) is 10.5. The van der Waals surface area contributed by atoms with E-state index >= 15 is 0 Å². The van der Waals surface area contributed by atoms with Crippen molar-refractivity contribution in [1.29, 1.82) is 0 Å². The number of aliphatic hydroxyl groups is 1. The number of hydrogen-bond acceptors (Lipinski definition) is 4. The fraction of sp³-hybridized carbons (Fsp3) is 0.417. The lowest BCUT2D eigenvalue weighted by Crippen LogP contribution is -2.44. The van der Waals surface area contributed by atoms with Gasteiger partial charge in [-0.05, 0) is 11.5 Å². The molecular weight excluding hydrogens is 270 g/mol. The summed E-state index contributed by atoms with van der Waals surface area (Å²) >= 11 is 0. The normalized spacial score (nSPS) is 14.8. The molecule has 0 aliphatic heterocycles. The molecular formula is C12H17NO5S. The topological polar surface area (TPSA) is 104 Å². The smallest absolute Gasteiger partial charge is 0.324 e. The number of aliphatic hydroxyl groups excluding tert-OH is 1. The van der Waals surface area contributed by atoms with E-state index < -0.39 is 28.6 Å². The van der Waals surface area contributed by atoms with Gasteiger partial charge in [-0.3, -0.25) is 4.79 Å². The summed E-state index contributed by atoms with van der Waals surface area (Å²) in [5.74, 6) is -1.91. The molecule has 0 fully saturated rings. The first-order chi connectivity index (χ1) is 8.85. The van der Waals surface area contributed by atoms with Crippen LogP contribution in [0.15, 0.2) is 30.3 Å². The van der Waals surface area contributed by atoms with Gasteiger partial charge >= 0.3 is 5.97 Å². The quantitative estimate of drug-likeness (QED) is 0.662. The Balaban J connectivity index is 2.72. The molecule has 0 radical (unpaired) electrons. The van der Waals surface area contributed by atoms with E-state index in [1.165, 1.54) is 0 Å². The van der Waals surface area contributed by atoms with E-state index in [9.17, 15) is 13.2 Å². The van der Waals surface area contributed by atoms with Crippen molar-refractivity contribution in [1.82, 2.24) is 4.72 Å². The van der Waals surface area contributed by atoms with Crippen LogP contribution in [0.25, 0.3) is 0 Å². The molecule has 0 spiro atoms. The van der Waals surface area contributed by atoms with E-state index in [0.29, 0.717) is 0 Å². The van der Waals surface area contributed by atoms with Crippen molar-refractivity contribution in [2.75, 3.05) is 12.4 Å². The zero-order chi connectivity index (χ0) is 14.5. The van der Waals surface area contributed by atoms with Crippen LogP contribution < -0.4 is 4.72 Å². The Morgan fingerprint density at radius 1 is 1.32 bits per heavy atom. The first kappa shape index (κ1) is 15.6. The van der Waals surface area contributed by atoms with Crippen LogP contribution in [0.3, 0.4) is 0 Å². The van der Waals surface area contributed by atoms with E-state index in [0.717, 1.165) is 5.56 Å². The second-order valence-corrected chi connectivity index (χ2v) is 6.08. The van der Waals surface area contributed by atoms with E-state index in [-0.39, 0.29) is 11.7 Å². The summed E-state index contributed by atoms with van der Waals surface area (Å²) in [7, 11) is -3.78. The molecule has 6 nitrogen and oxygen atoms in total. The standard InChI is InChI=1S/C12H17NO5S/c1-9(10-5-3-2-4-6-10)8-19(17,18)13-11(7-14)12(15)16/h2-6,9,11,13-14H,7-8H2,1H3,(H,15,16)/t9?,11-/m0/s1. The summed E-state index contributed by atoms with van der Waals surface area (Å²) in [6.07, 6.45) is 0. The Kier molecular flexibility index (Phi) is 5.46. The van der Waals surface area contributed by atoms with Crippen LogP contribution in [0.1, 0.15) is 18.4 Å². The summed E-state index contributed by atoms with van der Waals surface area (Å²) < 4.78 is 25.6. The summed E-state index contributed by atoms with van der Waals surface area (Å²) in [6, 6.07) is 7.55. The Bertz CT molecular complexity index is 514. The third-order valence-corrected chi connectivity index (χ3v) is 4.22. The van der Waals surface area contributed by atoms with Crippen molar-refractivity contribution in [2.24, 2.45) is 0 Å². The van der Waals surface area contributed by atoms with E-state index in [1.807, 2.05) is 10.8 Å². The predicted molar refractivity (Wildman–Crippen MR) is 70.3 cm³/mol. The summed E-state index contributed by atoms with van der Waals surface area (Å²) in [4.78, 5) is 10.7. The number of rotatable bonds is 7. The fourth-order valence-electron chi connectivity index (χ4n) is 1.64. The van der Waals surface area contributed by atoms with Crippen molar-refractivity contribution in [3.63, 3.8) is 0 Å². The second-order valence-electron chi connectivity index (χ2n) is 4.28. The number of carbonyl (C=O) groups is 1. The third kappa shape index (κ3) is 4.98. The van der Waals surface area contributed by atoms with Crippen LogP contribution >= 0.6 is 0 Å². The SMILES string of the molecule is CC(CS(=O)(=O)N[C@@H](CO)C(=O)O)c1ccccc1. The minimum Gasteiger partial charge on any atom is -0.480 e. The highest BCUT2D eigenvalue weighted by atomic mass is 32.2. The largest absolute Gasteiger partial charge is 0.480 e. The predicted octanol–water partition coefficient (Wildman–Crippen LogP) is 0.155. The molecule has 0 aliphatic carbocycles. The van der Waals surface area contributed by atoms with Crippen LogP contribution in [0, 0.1) is 0 Å². The Hall–Kier alpha value is -1.44. The molecule has 106 valence electrons. The molecule has 19 heavy (non-hydrogen) atoms. The van der Waals surface area contributed by atoms with Gasteiger partial charge in [0.25, 0.3) is 0 Å². The molecule has 0 amide bonds. The van der Waals surface area contributed by atoms with Gasteiger partial charge in [0.15, 0.2) is 0 Å². The number of aliphatic carboxylic acids is 1. The number of carboxylic acid groups (broad SMARTS) is 1. The lowest BCUT2D eigenvalue weighted by molar-refractivity contribution is -0.139. The maximum Gasteiger partial charge on any atom is 0.324 e. The highest BCUT2D eigenvalue weighted by Gasteiger charge is 2.25. The molecule has 1 aromatic rings. The Morgan fingerprint density at radius 3 is 2.37 bits per heavy atom. The first-order valence-electron chi connectivity index (χ1n) is 5.74. The molecule has 2 atom stereocenters. The van der Waals surface area contributed by atoms with Gasteiger partial charge in [-0.2, -0.15) is 4.72 Å². The zero-order valence-corrected chi connectivity index (χ0v) is 11.3. The van der Waals surface area contributed by atoms with Gasteiger partial charge in [0, 0.05) is 0 Å². The van der Waals surface area contributed by atoms with Gasteiger partial charge in [-0.25, -0.2) is 8.42 Å². The molecule has 0 heterocycles. The number of sulfonamides is 1. The van der Waals surface area contributed by atoms with Crippen LogP contribution in [0.2, 0.25) is 0 Å². The van der Waals surface area contributed by atoms with Gasteiger partial charge in [0.05, 0.1) is 12.4 Å². The minimum atomic E-state index is -3.78. The minimum absolute atomic E-state index is 0.235. The highest BCUT2D eigenvalue weighted by Crippen LogP contribution is 2.16. The number of nitrogens with one attached hydrogen (secondary N) is 1. The van der Waals surface area contributed by atoms with Crippen molar-refractivity contribution in [2.45, 2.75) is 18.9 Å². The number of hydrogen-bond donors (Lipinski definition) is 3. The lowest BCUT2D eigenvalue weighted by Gasteiger charge is -2.16. The highest BCUT2D eigenvalue weighted by molar-refractivity contribution is 7.89. The maximum atomic E-state index is 11.8. The van der Waals surface area contributed by atoms with E-state index in [2.05, 4.69) is 0 Å². The van der Waals surface area contributed by atoms with Gasteiger partial charge in [-0.15, -0.1) is 0 Å². The average molecular weight is 287 g/mol. The summed E-state index contributed by atoms with van der Waals surface area (Å²) in [5.41, 5.74) is 0.851. The van der Waals surface area contributed by atoms with Crippen molar-refractivity contribution >= 4 is 16.0 Å². The van der Waals surface area contributed by atoms with Crippen LogP contribution in [-0.4, -0.2) is 43.0 Å². The van der Waals surface area contributed by atoms with Gasteiger partial charge < -0.3 is 10.2 Å². The van der Waals surface area contributed by atoms with Crippen molar-refractivity contribution < 1.29 is 23.4 Å². The summed E-state index contributed by atoms with van der Waals surface area (Å²) in [5, 5.41) is 17.5. The first-order valence-corrected chi connectivity index (χ1v) is 7.39. The van der Waals surface area contributed by atoms with Crippen molar-refractivity contribution in [3.8, 4) is 0 Å². The monoisotopic (exact) mass is 287 g/mol. The van der Waals surface area contributed by atoms with E-state index in [1.54, 1.807) is 31.2 Å². The number of benzene rings is 1. The summed E-state index contributed by atoms with van der Waals surface area (Å²) in [6.45, 7) is 0.956. The van der Waals surface area contributed by atoms with Gasteiger partial charge in [0.1, 0.15) is 6.04 Å². The third-order valence-electron chi connectivity index (χ3n) is 2.64. The molecule has 0 aliphatic rings. The van der Waals surface area contributed by atoms with E-state index in [4.69, 9.17) is 10.2 Å². The molecule has 1 rings (SSSR count). The van der Waals surface area contributed by atoms with Crippen LogP contribution in [0.5, 0.6) is 0 Å². The maximum absolute atomic E-state index is 11.8. The molecule has 0 saturated heterocycles. The molecule has 0 saturated carbocycles. The molecule has 0 aromatic heterocycles. The molecule has 1 aromatic carbocycles. The van der Waals surface area contributed by atoms with Gasteiger partial charge in [0.2, 0.25) is 10.0 Å². The lowest BCUT2D eigenvalue weighted by atomic mass is 10.0. The molecule has 7 heteroatoms. The van der Waals surface area contributed by atoms with Crippen LogP contribution in [-0.2, 0) is 14.8 Å². The fourth-order valence-corrected chi connectivity index (χ4v) is 3.19. The van der Waals surface area contributed by atoms with Crippen molar-refractivity contribution in [3.05, 3.63) is 35.9 Å².